The summed E-state index contributed by atoms with van der Waals surface area (Å²) in [5.41, 5.74) is 2.84. The molecule has 0 fully saturated rings. The molecule has 0 saturated carbocycles. The van der Waals surface area contributed by atoms with Crippen LogP contribution in [0.2, 0.25) is 0 Å². The molecule has 0 radical (unpaired) electrons. The van der Waals surface area contributed by atoms with Gasteiger partial charge in [0.05, 0.1) is 6.54 Å². The molecule has 4 aromatic rings. The Bertz CT molecular complexity index is 1250. The molecule has 2 N–H and O–H groups in total. The molecule has 0 saturated heterocycles. The summed E-state index contributed by atoms with van der Waals surface area (Å²) in [7, 11) is 1.88. The number of nitrogens with zero attached hydrogens (tertiary/aromatic N) is 5. The first kappa shape index (κ1) is 20.8. The van der Waals surface area contributed by atoms with E-state index in [1.807, 2.05) is 54.1 Å². The number of terminal acetylenes is 1. The van der Waals surface area contributed by atoms with Crippen LogP contribution in [-0.4, -0.2) is 30.6 Å². The van der Waals surface area contributed by atoms with Crippen molar-refractivity contribution in [3.63, 3.8) is 0 Å². The summed E-state index contributed by atoms with van der Waals surface area (Å²) in [4.78, 5) is 20.9. The van der Waals surface area contributed by atoms with Gasteiger partial charge in [0, 0.05) is 24.5 Å². The minimum Gasteiger partial charge on any atom is -0.378 e. The molecule has 32 heavy (non-hydrogen) atoms. The zero-order chi connectivity index (χ0) is 22.3. The molecular weight excluding hydrogens is 402 g/mol. The van der Waals surface area contributed by atoms with E-state index in [0.29, 0.717) is 23.6 Å². The van der Waals surface area contributed by atoms with E-state index in [-0.39, 0.29) is 5.91 Å². The van der Waals surface area contributed by atoms with Crippen molar-refractivity contribution in [3.05, 3.63) is 90.1 Å². The van der Waals surface area contributed by atoms with E-state index in [9.17, 15) is 4.79 Å². The topological polar surface area (TPSA) is 97.6 Å². The zero-order valence-electron chi connectivity index (χ0n) is 17.4. The maximum absolute atomic E-state index is 12.8. The average molecular weight is 423 g/mol. The summed E-state index contributed by atoms with van der Waals surface area (Å²) in [6.45, 7) is 0.427. The summed E-state index contributed by atoms with van der Waals surface area (Å²) in [6.07, 6.45) is 8.77. The van der Waals surface area contributed by atoms with E-state index < -0.39 is 6.04 Å². The lowest BCUT2D eigenvalue weighted by Crippen LogP contribution is -2.27. The fraction of sp³-hybridized carbons (Fsp3) is 0.125. The van der Waals surface area contributed by atoms with Crippen molar-refractivity contribution in [2.45, 2.75) is 12.6 Å². The molecule has 2 aromatic heterocycles. The molecule has 158 valence electrons. The quantitative estimate of drug-likeness (QED) is 0.444. The molecular formula is C24H21N7O. The van der Waals surface area contributed by atoms with Crippen LogP contribution in [0.1, 0.15) is 27.8 Å². The van der Waals surface area contributed by atoms with Gasteiger partial charge in [-0.05, 0) is 29.8 Å². The van der Waals surface area contributed by atoms with Gasteiger partial charge in [-0.1, -0.05) is 42.3 Å². The van der Waals surface area contributed by atoms with Crippen molar-refractivity contribution in [3.8, 4) is 23.9 Å². The second-order valence-electron chi connectivity index (χ2n) is 7.01. The van der Waals surface area contributed by atoms with Gasteiger partial charge in [-0.3, -0.25) is 4.79 Å². The van der Waals surface area contributed by atoms with Crippen LogP contribution >= 0.6 is 0 Å². The summed E-state index contributed by atoms with van der Waals surface area (Å²) in [5.74, 6) is 3.76. The number of rotatable bonds is 7. The Balaban J connectivity index is 1.43. The van der Waals surface area contributed by atoms with Crippen molar-refractivity contribution >= 4 is 11.6 Å². The first-order valence-electron chi connectivity index (χ1n) is 9.96. The Kier molecular flexibility index (Phi) is 6.18. The number of amides is 1. The predicted octanol–water partition coefficient (Wildman–Crippen LogP) is 2.99. The van der Waals surface area contributed by atoms with Gasteiger partial charge in [0.25, 0.3) is 5.91 Å². The second-order valence-corrected chi connectivity index (χ2v) is 7.01. The first-order chi connectivity index (χ1) is 15.7. The average Bonchev–Trinajstić information content (AvgIpc) is 3.22. The van der Waals surface area contributed by atoms with Crippen LogP contribution in [0, 0.1) is 12.3 Å². The highest BCUT2D eigenvalue weighted by Gasteiger charge is 2.14. The SMILES string of the molecule is C#C[C@@H](NC(=O)c1cccc(NCc2nnc(-c3ccncn3)n2C)c1)c1ccccc1. The molecule has 2 aromatic carbocycles. The molecule has 2 heterocycles. The van der Waals surface area contributed by atoms with Gasteiger partial charge < -0.3 is 15.2 Å². The molecule has 1 atom stereocenters. The summed E-state index contributed by atoms with van der Waals surface area (Å²) in [5, 5.41) is 14.6. The van der Waals surface area contributed by atoms with Crippen LogP contribution in [0.25, 0.3) is 11.5 Å². The van der Waals surface area contributed by atoms with Crippen LogP contribution in [-0.2, 0) is 13.6 Å². The number of carbonyl (C=O) groups excluding carboxylic acids is 1. The smallest absolute Gasteiger partial charge is 0.252 e. The van der Waals surface area contributed by atoms with Crippen LogP contribution in [0.5, 0.6) is 0 Å². The lowest BCUT2D eigenvalue weighted by molar-refractivity contribution is 0.0945. The predicted molar refractivity (Wildman–Crippen MR) is 121 cm³/mol. The maximum atomic E-state index is 12.8. The lowest BCUT2D eigenvalue weighted by Gasteiger charge is -2.14. The third-order valence-corrected chi connectivity index (χ3v) is 4.93. The number of hydrogen-bond donors (Lipinski definition) is 2. The van der Waals surface area contributed by atoms with Crippen LogP contribution in [0.3, 0.4) is 0 Å². The zero-order valence-corrected chi connectivity index (χ0v) is 17.4. The highest BCUT2D eigenvalue weighted by atomic mass is 16.1. The molecule has 0 spiro atoms. The van der Waals surface area contributed by atoms with E-state index in [4.69, 9.17) is 6.42 Å². The standard InChI is InChI=1S/C24H21N7O/c1-3-20(17-8-5-4-6-9-17)28-24(32)18-10-7-11-19(14-18)26-15-22-29-30-23(31(22)2)21-12-13-25-16-27-21/h1,4-14,16,20,26H,15H2,2H3,(H,28,32)/t20-/m1/s1. The van der Waals surface area contributed by atoms with Crippen molar-refractivity contribution in [2.24, 2.45) is 7.05 Å². The minimum absolute atomic E-state index is 0.245. The fourth-order valence-corrected chi connectivity index (χ4v) is 3.19. The van der Waals surface area contributed by atoms with E-state index >= 15 is 0 Å². The number of anilines is 1. The molecule has 0 unspecified atom stereocenters. The third kappa shape index (κ3) is 4.63. The molecule has 4 rings (SSSR count). The monoisotopic (exact) mass is 423 g/mol. The van der Waals surface area contributed by atoms with E-state index in [1.165, 1.54) is 6.33 Å². The van der Waals surface area contributed by atoms with Gasteiger partial charge in [-0.25, -0.2) is 9.97 Å². The Morgan fingerprint density at radius 2 is 1.97 bits per heavy atom. The van der Waals surface area contributed by atoms with Crippen LogP contribution in [0.15, 0.2) is 73.2 Å². The summed E-state index contributed by atoms with van der Waals surface area (Å²) >= 11 is 0. The van der Waals surface area contributed by atoms with E-state index in [2.05, 4.69) is 36.7 Å². The van der Waals surface area contributed by atoms with E-state index in [0.717, 1.165) is 17.1 Å². The number of benzene rings is 2. The van der Waals surface area contributed by atoms with Crippen molar-refractivity contribution in [1.29, 1.82) is 0 Å². The summed E-state index contributed by atoms with van der Waals surface area (Å²) < 4.78 is 1.86. The Morgan fingerprint density at radius 1 is 1.12 bits per heavy atom. The highest BCUT2D eigenvalue weighted by molar-refractivity contribution is 5.95. The number of hydrogen-bond acceptors (Lipinski definition) is 6. The van der Waals surface area contributed by atoms with Gasteiger partial charge in [0.2, 0.25) is 0 Å². The second kappa shape index (κ2) is 9.53. The van der Waals surface area contributed by atoms with Gasteiger partial charge in [-0.2, -0.15) is 0 Å². The molecule has 0 bridgehead atoms. The lowest BCUT2D eigenvalue weighted by atomic mass is 10.1. The first-order valence-corrected chi connectivity index (χ1v) is 9.96. The Morgan fingerprint density at radius 3 is 2.72 bits per heavy atom. The van der Waals surface area contributed by atoms with Gasteiger partial charge >= 0.3 is 0 Å². The maximum Gasteiger partial charge on any atom is 0.252 e. The van der Waals surface area contributed by atoms with Gasteiger partial charge in [0.15, 0.2) is 11.6 Å². The van der Waals surface area contributed by atoms with Gasteiger partial charge in [0.1, 0.15) is 18.1 Å². The van der Waals surface area contributed by atoms with Crippen molar-refractivity contribution in [2.75, 3.05) is 5.32 Å². The largest absolute Gasteiger partial charge is 0.378 e. The molecule has 0 aliphatic heterocycles. The summed E-state index contributed by atoms with van der Waals surface area (Å²) in [6, 6.07) is 18.0. The molecule has 1 amide bonds. The molecule has 8 nitrogen and oxygen atoms in total. The highest BCUT2D eigenvalue weighted by Crippen LogP contribution is 2.17. The van der Waals surface area contributed by atoms with E-state index in [1.54, 1.807) is 24.4 Å². The molecule has 0 aliphatic rings. The van der Waals surface area contributed by atoms with Crippen molar-refractivity contribution < 1.29 is 4.79 Å². The van der Waals surface area contributed by atoms with Crippen molar-refractivity contribution in [1.82, 2.24) is 30.0 Å². The normalized spacial score (nSPS) is 11.4. The fourth-order valence-electron chi connectivity index (χ4n) is 3.19. The third-order valence-electron chi connectivity index (χ3n) is 4.93. The minimum atomic E-state index is -0.501. The Labute approximate surface area is 185 Å². The Hall–Kier alpha value is -4.51. The molecule has 0 aliphatic carbocycles. The van der Waals surface area contributed by atoms with Crippen LogP contribution in [0.4, 0.5) is 5.69 Å². The molecule has 8 heteroatoms. The number of aromatic nitrogens is 5. The number of nitrogens with one attached hydrogen (secondary N) is 2. The van der Waals surface area contributed by atoms with Gasteiger partial charge in [-0.15, -0.1) is 16.6 Å². The van der Waals surface area contributed by atoms with Crippen LogP contribution < -0.4 is 10.6 Å². The number of carbonyl (C=O) groups is 1.